The molecule has 0 fully saturated rings. The van der Waals surface area contributed by atoms with Gasteiger partial charge in [-0.2, -0.15) is 0 Å². The molecule has 0 saturated carbocycles. The first-order chi connectivity index (χ1) is 6.88. The third kappa shape index (κ3) is 2.76. The first kappa shape index (κ1) is 12.6. The van der Waals surface area contributed by atoms with Gasteiger partial charge in [-0.15, -0.1) is 0 Å². The van der Waals surface area contributed by atoms with E-state index in [-0.39, 0.29) is 11.4 Å². The molecule has 1 N–H and O–H groups in total. The van der Waals surface area contributed by atoms with Crippen LogP contribution in [0.2, 0.25) is 0 Å². The summed E-state index contributed by atoms with van der Waals surface area (Å²) in [4.78, 5) is -0.315. The molecule has 15 heavy (non-hydrogen) atoms. The summed E-state index contributed by atoms with van der Waals surface area (Å²) in [6.07, 6.45) is 0. The molecule has 0 bridgehead atoms. The van der Waals surface area contributed by atoms with Gasteiger partial charge in [-0.25, -0.2) is 17.5 Å². The monoisotopic (exact) mass is 295 g/mol. The van der Waals surface area contributed by atoms with Crippen molar-refractivity contribution >= 4 is 26.0 Å². The van der Waals surface area contributed by atoms with Crippen LogP contribution in [0.3, 0.4) is 0 Å². The van der Waals surface area contributed by atoms with Crippen LogP contribution in [-0.2, 0) is 10.0 Å². The Hall–Kier alpha value is -0.460. The molecule has 0 saturated heterocycles. The highest BCUT2D eigenvalue weighted by Gasteiger charge is 2.19. The lowest BCUT2D eigenvalue weighted by atomic mass is 10.2. The van der Waals surface area contributed by atoms with Crippen molar-refractivity contribution in [1.29, 1.82) is 0 Å². The maximum absolute atomic E-state index is 13.4. The molecule has 0 unspecified atom stereocenters. The molecular weight excluding hydrogens is 285 g/mol. The Bertz CT molecular complexity index is 473. The summed E-state index contributed by atoms with van der Waals surface area (Å²) in [6.45, 7) is 3.58. The van der Waals surface area contributed by atoms with Crippen molar-refractivity contribution in [2.75, 3.05) is 6.54 Å². The first-order valence-corrected chi connectivity index (χ1v) is 6.61. The SMILES string of the molecule is CCNS(=O)(=O)c1cc(C)c(Br)cc1F. The first-order valence-electron chi connectivity index (χ1n) is 4.33. The van der Waals surface area contributed by atoms with Crippen molar-refractivity contribution in [3.63, 3.8) is 0 Å². The number of nitrogens with one attached hydrogen (secondary N) is 1. The molecule has 0 radical (unpaired) electrons. The summed E-state index contributed by atoms with van der Waals surface area (Å²) in [5.74, 6) is -0.756. The lowest BCUT2D eigenvalue weighted by molar-refractivity contribution is 0.557. The van der Waals surface area contributed by atoms with Gasteiger partial charge < -0.3 is 0 Å². The standard InChI is InChI=1S/C9H11BrFNO2S/c1-3-12-15(13,14)9-4-6(2)7(10)5-8(9)11/h4-5,12H,3H2,1-2H3. The van der Waals surface area contributed by atoms with Crippen molar-refractivity contribution in [3.05, 3.63) is 28.0 Å². The topological polar surface area (TPSA) is 46.2 Å². The number of benzene rings is 1. The Morgan fingerprint density at radius 3 is 2.60 bits per heavy atom. The van der Waals surface area contributed by atoms with Crippen molar-refractivity contribution in [3.8, 4) is 0 Å². The molecule has 0 aliphatic rings. The summed E-state index contributed by atoms with van der Waals surface area (Å²) in [6, 6.07) is 2.46. The number of hydrogen-bond acceptors (Lipinski definition) is 2. The van der Waals surface area contributed by atoms with Gasteiger partial charge in [-0.05, 0) is 24.6 Å². The van der Waals surface area contributed by atoms with Gasteiger partial charge in [-0.1, -0.05) is 22.9 Å². The molecule has 1 aromatic carbocycles. The fraction of sp³-hybridized carbons (Fsp3) is 0.333. The second-order valence-electron chi connectivity index (χ2n) is 3.03. The van der Waals surface area contributed by atoms with Crippen LogP contribution in [0.1, 0.15) is 12.5 Å². The van der Waals surface area contributed by atoms with Gasteiger partial charge >= 0.3 is 0 Å². The van der Waals surface area contributed by atoms with Gasteiger partial charge in [0.2, 0.25) is 10.0 Å². The van der Waals surface area contributed by atoms with Crippen molar-refractivity contribution in [1.82, 2.24) is 4.72 Å². The quantitative estimate of drug-likeness (QED) is 0.929. The van der Waals surface area contributed by atoms with Crippen molar-refractivity contribution in [2.24, 2.45) is 0 Å². The summed E-state index contributed by atoms with van der Waals surface area (Å²) in [5, 5.41) is 0. The van der Waals surface area contributed by atoms with Crippen LogP contribution < -0.4 is 4.72 Å². The predicted octanol–water partition coefficient (Wildman–Crippen LogP) is 2.19. The van der Waals surface area contributed by atoms with E-state index < -0.39 is 15.8 Å². The van der Waals surface area contributed by atoms with Crippen LogP contribution in [-0.4, -0.2) is 15.0 Å². The predicted molar refractivity (Wildman–Crippen MR) is 59.7 cm³/mol. The maximum atomic E-state index is 13.4. The highest BCUT2D eigenvalue weighted by molar-refractivity contribution is 9.10. The number of hydrogen-bond donors (Lipinski definition) is 1. The molecule has 3 nitrogen and oxygen atoms in total. The fourth-order valence-electron chi connectivity index (χ4n) is 1.10. The van der Waals surface area contributed by atoms with E-state index >= 15 is 0 Å². The summed E-state index contributed by atoms with van der Waals surface area (Å²) in [5.41, 5.74) is 0.674. The Kier molecular flexibility index (Phi) is 3.86. The molecule has 1 rings (SSSR count). The smallest absolute Gasteiger partial charge is 0.211 e. The van der Waals surface area contributed by atoms with Crippen LogP contribution >= 0.6 is 15.9 Å². The average Bonchev–Trinajstić information content (AvgIpc) is 2.11. The summed E-state index contributed by atoms with van der Waals surface area (Å²) in [7, 11) is -3.73. The van der Waals surface area contributed by atoms with Gasteiger partial charge in [0.05, 0.1) is 0 Å². The summed E-state index contributed by atoms with van der Waals surface area (Å²) >= 11 is 3.13. The lowest BCUT2D eigenvalue weighted by Crippen LogP contribution is -2.24. The molecule has 84 valence electrons. The number of sulfonamides is 1. The van der Waals surface area contributed by atoms with Crippen molar-refractivity contribution < 1.29 is 12.8 Å². The minimum atomic E-state index is -3.73. The van der Waals surface area contributed by atoms with Gasteiger partial charge in [-0.3, -0.25) is 0 Å². The minimum absolute atomic E-state index is 0.233. The van der Waals surface area contributed by atoms with E-state index in [1.807, 2.05) is 0 Å². The van der Waals surface area contributed by atoms with E-state index in [2.05, 4.69) is 20.7 Å². The molecule has 1 aromatic rings. The zero-order valence-corrected chi connectivity index (χ0v) is 10.7. The Balaban J connectivity index is 3.33. The molecule has 0 spiro atoms. The molecule has 0 aliphatic carbocycles. The molecule has 6 heteroatoms. The largest absolute Gasteiger partial charge is 0.243 e. The highest BCUT2D eigenvalue weighted by atomic mass is 79.9. The number of halogens is 2. The van der Waals surface area contributed by atoms with Crippen LogP contribution in [0, 0.1) is 12.7 Å². The Morgan fingerprint density at radius 2 is 2.07 bits per heavy atom. The Labute approximate surface area is 96.9 Å². The Morgan fingerprint density at radius 1 is 1.47 bits per heavy atom. The second-order valence-corrected chi connectivity index (χ2v) is 5.62. The third-order valence-electron chi connectivity index (χ3n) is 1.84. The second kappa shape index (κ2) is 4.59. The van der Waals surface area contributed by atoms with Crippen molar-refractivity contribution in [2.45, 2.75) is 18.7 Å². The third-order valence-corrected chi connectivity index (χ3v) is 4.25. The van der Waals surface area contributed by atoms with Crippen LogP contribution in [0.5, 0.6) is 0 Å². The van der Waals surface area contributed by atoms with E-state index in [0.717, 1.165) is 6.07 Å². The summed E-state index contributed by atoms with van der Waals surface area (Å²) < 4.78 is 39.3. The van der Waals surface area contributed by atoms with Gasteiger partial charge in [0.15, 0.2) is 0 Å². The maximum Gasteiger partial charge on any atom is 0.243 e. The zero-order chi connectivity index (χ0) is 11.6. The van der Waals surface area contributed by atoms with E-state index in [1.165, 1.54) is 6.07 Å². The minimum Gasteiger partial charge on any atom is -0.211 e. The molecule has 0 heterocycles. The number of aryl methyl sites for hydroxylation is 1. The van der Waals surface area contributed by atoms with Gasteiger partial charge in [0.1, 0.15) is 10.7 Å². The van der Waals surface area contributed by atoms with E-state index in [4.69, 9.17) is 0 Å². The van der Waals surface area contributed by atoms with Crippen LogP contribution in [0.25, 0.3) is 0 Å². The van der Waals surface area contributed by atoms with Gasteiger partial charge in [0.25, 0.3) is 0 Å². The lowest BCUT2D eigenvalue weighted by Gasteiger charge is -2.07. The highest BCUT2D eigenvalue weighted by Crippen LogP contribution is 2.23. The normalized spacial score (nSPS) is 11.7. The van der Waals surface area contributed by atoms with E-state index in [9.17, 15) is 12.8 Å². The van der Waals surface area contributed by atoms with Gasteiger partial charge in [0, 0.05) is 11.0 Å². The van der Waals surface area contributed by atoms with Crippen LogP contribution in [0.4, 0.5) is 4.39 Å². The molecule has 0 aromatic heterocycles. The van der Waals surface area contributed by atoms with E-state index in [0.29, 0.717) is 10.0 Å². The van der Waals surface area contributed by atoms with E-state index in [1.54, 1.807) is 13.8 Å². The number of rotatable bonds is 3. The average molecular weight is 296 g/mol. The molecule has 0 atom stereocenters. The molecular formula is C9H11BrFNO2S. The van der Waals surface area contributed by atoms with Crippen LogP contribution in [0.15, 0.2) is 21.5 Å². The molecule has 0 amide bonds. The molecule has 0 aliphatic heterocycles. The fourth-order valence-corrected chi connectivity index (χ4v) is 2.60. The zero-order valence-electron chi connectivity index (χ0n) is 8.34.